The van der Waals surface area contributed by atoms with Gasteiger partial charge in [-0.2, -0.15) is 0 Å². The monoisotopic (exact) mass is 354 g/mol. The molecule has 0 N–H and O–H groups in total. The van der Waals surface area contributed by atoms with Crippen LogP contribution in [0.4, 0.5) is 0 Å². The highest BCUT2D eigenvalue weighted by Crippen LogP contribution is 2.37. The summed E-state index contributed by atoms with van der Waals surface area (Å²) in [6, 6.07) is 9.01. The molecule has 2 aromatic rings. The molecule has 138 valence electrons. The van der Waals surface area contributed by atoms with Crippen molar-refractivity contribution in [1.29, 1.82) is 0 Å². The second-order valence-electron chi connectivity index (χ2n) is 7.16. The molecular formula is C20H26N4O2. The number of methoxy groups -OCH3 is 1. The highest BCUT2D eigenvalue weighted by molar-refractivity contribution is 5.73. The largest absolute Gasteiger partial charge is 0.496 e. The maximum absolute atomic E-state index is 11.7. The van der Waals surface area contributed by atoms with E-state index in [0.29, 0.717) is 6.04 Å². The Morgan fingerprint density at radius 3 is 2.73 bits per heavy atom. The summed E-state index contributed by atoms with van der Waals surface area (Å²) in [6.07, 6.45) is 5.96. The number of para-hydroxylation sites is 1. The zero-order valence-electron chi connectivity index (χ0n) is 15.5. The van der Waals surface area contributed by atoms with E-state index in [1.807, 2.05) is 23.2 Å². The lowest BCUT2D eigenvalue weighted by atomic mass is 9.95. The number of carbonyl (C=O) groups is 1. The number of hydrogen-bond donors (Lipinski definition) is 0. The third-order valence-electron chi connectivity index (χ3n) is 5.77. The molecule has 26 heavy (non-hydrogen) atoms. The van der Waals surface area contributed by atoms with E-state index < -0.39 is 0 Å². The molecular weight excluding hydrogens is 328 g/mol. The van der Waals surface area contributed by atoms with Crippen molar-refractivity contribution in [3.05, 3.63) is 48.0 Å². The Labute approximate surface area is 154 Å². The Morgan fingerprint density at radius 1 is 1.23 bits per heavy atom. The molecule has 0 unspecified atom stereocenters. The summed E-state index contributed by atoms with van der Waals surface area (Å²) in [7, 11) is 1.74. The summed E-state index contributed by atoms with van der Waals surface area (Å²) < 4.78 is 7.90. The van der Waals surface area contributed by atoms with Crippen molar-refractivity contribution in [3.8, 4) is 5.75 Å². The predicted octanol–water partition coefficient (Wildman–Crippen LogP) is 2.46. The van der Waals surface area contributed by atoms with E-state index in [-0.39, 0.29) is 11.9 Å². The average Bonchev–Trinajstić information content (AvgIpc) is 3.14. The number of hydrogen-bond acceptors (Lipinski definition) is 4. The van der Waals surface area contributed by atoms with Crippen molar-refractivity contribution in [1.82, 2.24) is 19.4 Å². The lowest BCUT2D eigenvalue weighted by Gasteiger charge is -2.44. The number of piperidine rings is 1. The van der Waals surface area contributed by atoms with Gasteiger partial charge in [0.2, 0.25) is 5.91 Å². The number of benzene rings is 1. The zero-order chi connectivity index (χ0) is 18.1. The molecule has 0 bridgehead atoms. The van der Waals surface area contributed by atoms with Gasteiger partial charge in [0.25, 0.3) is 0 Å². The molecule has 2 aliphatic heterocycles. The highest BCUT2D eigenvalue weighted by Gasteiger charge is 2.36. The summed E-state index contributed by atoms with van der Waals surface area (Å²) in [5.74, 6) is 2.23. The van der Waals surface area contributed by atoms with Gasteiger partial charge in [-0.15, -0.1) is 0 Å². The molecule has 1 saturated heterocycles. The Balaban J connectivity index is 1.63. The Bertz CT molecular complexity index is 780. The quantitative estimate of drug-likeness (QED) is 0.850. The van der Waals surface area contributed by atoms with E-state index in [4.69, 9.17) is 4.74 Å². The molecule has 0 aliphatic carbocycles. The SMILES string of the molecule is COc1ccccc1[C@H]1Cn2ccnc2CN1C1CCN(C(C)=O)CC1. The Kier molecular flexibility index (Phi) is 4.68. The van der Waals surface area contributed by atoms with Crippen LogP contribution in [0.15, 0.2) is 36.7 Å². The number of rotatable bonds is 3. The third-order valence-corrected chi connectivity index (χ3v) is 5.77. The van der Waals surface area contributed by atoms with Crippen LogP contribution in [0.5, 0.6) is 5.75 Å². The molecule has 1 aromatic heterocycles. The fourth-order valence-electron chi connectivity index (χ4n) is 4.34. The topological polar surface area (TPSA) is 50.6 Å². The number of imidazole rings is 1. The smallest absolute Gasteiger partial charge is 0.219 e. The summed E-state index contributed by atoms with van der Waals surface area (Å²) in [4.78, 5) is 20.7. The van der Waals surface area contributed by atoms with Crippen LogP contribution in [0.2, 0.25) is 0 Å². The molecule has 2 aliphatic rings. The number of likely N-dealkylation sites (tertiary alicyclic amines) is 1. The summed E-state index contributed by atoms with van der Waals surface area (Å²) >= 11 is 0. The van der Waals surface area contributed by atoms with E-state index in [2.05, 4.69) is 32.8 Å². The van der Waals surface area contributed by atoms with Crippen LogP contribution < -0.4 is 4.74 Å². The fourth-order valence-corrected chi connectivity index (χ4v) is 4.34. The van der Waals surface area contributed by atoms with Gasteiger partial charge in [0.05, 0.1) is 19.7 Å². The second-order valence-corrected chi connectivity index (χ2v) is 7.16. The number of fused-ring (bicyclic) bond motifs is 1. The first kappa shape index (κ1) is 17.1. The van der Waals surface area contributed by atoms with Gasteiger partial charge in [-0.25, -0.2) is 4.98 Å². The van der Waals surface area contributed by atoms with Crippen LogP contribution in [0, 0.1) is 0 Å². The molecule has 0 radical (unpaired) electrons. The number of amides is 1. The van der Waals surface area contributed by atoms with Gasteiger partial charge in [0.15, 0.2) is 0 Å². The van der Waals surface area contributed by atoms with Gasteiger partial charge < -0.3 is 14.2 Å². The van der Waals surface area contributed by atoms with Crippen molar-refractivity contribution >= 4 is 5.91 Å². The van der Waals surface area contributed by atoms with Crippen LogP contribution in [-0.4, -0.2) is 51.5 Å². The van der Waals surface area contributed by atoms with E-state index in [1.54, 1.807) is 14.0 Å². The van der Waals surface area contributed by atoms with E-state index in [9.17, 15) is 4.79 Å². The molecule has 4 rings (SSSR count). The van der Waals surface area contributed by atoms with Crippen molar-refractivity contribution in [2.24, 2.45) is 0 Å². The second kappa shape index (κ2) is 7.11. The average molecular weight is 354 g/mol. The lowest BCUT2D eigenvalue weighted by Crippen LogP contribution is -2.49. The van der Waals surface area contributed by atoms with Crippen LogP contribution in [0.3, 0.4) is 0 Å². The molecule has 6 nitrogen and oxygen atoms in total. The number of aromatic nitrogens is 2. The van der Waals surface area contributed by atoms with Crippen LogP contribution in [0.1, 0.15) is 37.2 Å². The van der Waals surface area contributed by atoms with Gasteiger partial charge in [0.1, 0.15) is 11.6 Å². The number of ether oxygens (including phenoxy) is 1. The standard InChI is InChI=1S/C20H26N4O2/c1-15(25)22-10-7-16(8-11-22)24-14-20-21-9-12-23(20)13-18(24)17-5-3-4-6-19(17)26-2/h3-6,9,12,16,18H,7-8,10-11,13-14H2,1-2H3/t18-/m1/s1. The normalized spacial score (nSPS) is 21.5. The van der Waals surface area contributed by atoms with Crippen molar-refractivity contribution in [3.63, 3.8) is 0 Å². The maximum atomic E-state index is 11.7. The third kappa shape index (κ3) is 3.09. The van der Waals surface area contributed by atoms with E-state index in [1.165, 1.54) is 5.56 Å². The van der Waals surface area contributed by atoms with Gasteiger partial charge >= 0.3 is 0 Å². The van der Waals surface area contributed by atoms with Gasteiger partial charge in [0, 0.05) is 50.6 Å². The van der Waals surface area contributed by atoms with Crippen LogP contribution >= 0.6 is 0 Å². The summed E-state index contributed by atoms with van der Waals surface area (Å²) in [6.45, 7) is 5.05. The molecule has 1 fully saturated rings. The molecule has 0 saturated carbocycles. The van der Waals surface area contributed by atoms with E-state index in [0.717, 1.165) is 50.6 Å². The minimum Gasteiger partial charge on any atom is -0.496 e. The van der Waals surface area contributed by atoms with E-state index >= 15 is 0 Å². The molecule has 0 spiro atoms. The predicted molar refractivity (Wildman–Crippen MR) is 98.8 cm³/mol. The van der Waals surface area contributed by atoms with Crippen molar-refractivity contribution in [2.45, 2.75) is 44.9 Å². The lowest BCUT2D eigenvalue weighted by molar-refractivity contribution is -0.130. The molecule has 1 aromatic carbocycles. The minimum atomic E-state index is 0.180. The Morgan fingerprint density at radius 2 is 2.00 bits per heavy atom. The van der Waals surface area contributed by atoms with Crippen LogP contribution in [-0.2, 0) is 17.9 Å². The number of carbonyl (C=O) groups excluding carboxylic acids is 1. The first-order valence-corrected chi connectivity index (χ1v) is 9.31. The van der Waals surface area contributed by atoms with Gasteiger partial charge in [-0.1, -0.05) is 18.2 Å². The molecule has 1 atom stereocenters. The molecule has 6 heteroatoms. The molecule has 1 amide bonds. The molecule has 3 heterocycles. The fraction of sp³-hybridized carbons (Fsp3) is 0.500. The van der Waals surface area contributed by atoms with Crippen LogP contribution in [0.25, 0.3) is 0 Å². The zero-order valence-corrected chi connectivity index (χ0v) is 15.5. The number of nitrogens with zero attached hydrogens (tertiary/aromatic N) is 4. The Hall–Kier alpha value is -2.34. The van der Waals surface area contributed by atoms with Crippen molar-refractivity contribution < 1.29 is 9.53 Å². The highest BCUT2D eigenvalue weighted by atomic mass is 16.5. The van der Waals surface area contributed by atoms with Gasteiger partial charge in [-0.05, 0) is 18.9 Å². The first-order chi connectivity index (χ1) is 12.7. The summed E-state index contributed by atoms with van der Waals surface area (Å²) in [5.41, 5.74) is 1.23. The van der Waals surface area contributed by atoms with Gasteiger partial charge in [-0.3, -0.25) is 9.69 Å². The summed E-state index contributed by atoms with van der Waals surface area (Å²) in [5, 5.41) is 0. The first-order valence-electron chi connectivity index (χ1n) is 9.31. The van der Waals surface area contributed by atoms with Crippen molar-refractivity contribution in [2.75, 3.05) is 20.2 Å². The maximum Gasteiger partial charge on any atom is 0.219 e. The minimum absolute atomic E-state index is 0.180.